The fraction of sp³-hybridized carbons (Fsp3) is 0.321. The Kier molecular flexibility index (Phi) is 6.73. The molecule has 170 valence electrons. The summed E-state index contributed by atoms with van der Waals surface area (Å²) in [5.74, 6) is 0.211. The van der Waals surface area contributed by atoms with Crippen molar-refractivity contribution in [3.8, 4) is 0 Å². The van der Waals surface area contributed by atoms with E-state index in [1.165, 1.54) is 0 Å². The van der Waals surface area contributed by atoms with Crippen LogP contribution in [0.15, 0.2) is 78.9 Å². The molecule has 2 aliphatic heterocycles. The Morgan fingerprint density at radius 3 is 1.88 bits per heavy atom. The molecule has 33 heavy (non-hydrogen) atoms. The lowest BCUT2D eigenvalue weighted by molar-refractivity contribution is -0.127. The van der Waals surface area contributed by atoms with Crippen LogP contribution in [0, 0.1) is 5.92 Å². The topological polar surface area (TPSA) is 32.3 Å². The number of rotatable bonds is 6. The van der Waals surface area contributed by atoms with Gasteiger partial charge in [0.1, 0.15) is 0 Å². The molecule has 0 aliphatic carbocycles. The molecule has 0 saturated carbocycles. The molecule has 2 unspecified atom stereocenters. The summed E-state index contributed by atoms with van der Waals surface area (Å²) in [4.78, 5) is 15.6. The maximum Gasteiger partial charge on any atom is 0.223 e. The quantitative estimate of drug-likeness (QED) is 0.430. The second-order valence-corrected chi connectivity index (χ2v) is 9.96. The third kappa shape index (κ3) is 4.68. The zero-order valence-electron chi connectivity index (χ0n) is 18.5. The number of hydrogen-bond acceptors (Lipinski definition) is 2. The van der Waals surface area contributed by atoms with E-state index in [4.69, 9.17) is 23.2 Å². The maximum atomic E-state index is 13.0. The average Bonchev–Trinajstić information content (AvgIpc) is 3.08. The van der Waals surface area contributed by atoms with Crippen molar-refractivity contribution >= 4 is 29.1 Å². The van der Waals surface area contributed by atoms with Crippen molar-refractivity contribution in [3.05, 3.63) is 106 Å². The van der Waals surface area contributed by atoms with E-state index in [1.54, 1.807) is 0 Å². The van der Waals surface area contributed by atoms with E-state index >= 15 is 0 Å². The summed E-state index contributed by atoms with van der Waals surface area (Å²) < 4.78 is 0. The molecular weight excluding hydrogens is 451 g/mol. The minimum absolute atomic E-state index is 0.0155. The first-order chi connectivity index (χ1) is 16.1. The molecule has 2 heterocycles. The molecule has 3 aromatic rings. The second-order valence-electron chi connectivity index (χ2n) is 9.15. The lowest BCUT2D eigenvalue weighted by Gasteiger charge is -2.44. The van der Waals surface area contributed by atoms with Gasteiger partial charge in [-0.3, -0.25) is 9.69 Å². The van der Waals surface area contributed by atoms with E-state index in [9.17, 15) is 4.79 Å². The number of nitrogens with one attached hydrogen (secondary N) is 1. The van der Waals surface area contributed by atoms with Gasteiger partial charge in [-0.15, -0.1) is 0 Å². The number of hydrogen-bond donors (Lipinski definition) is 1. The first kappa shape index (κ1) is 22.5. The van der Waals surface area contributed by atoms with Gasteiger partial charge in [0.2, 0.25) is 5.91 Å². The number of nitrogens with zero attached hydrogens (tertiary/aromatic N) is 1. The van der Waals surface area contributed by atoms with Crippen molar-refractivity contribution in [1.29, 1.82) is 0 Å². The van der Waals surface area contributed by atoms with Gasteiger partial charge in [0.25, 0.3) is 0 Å². The predicted octanol–water partition coefficient (Wildman–Crippen LogP) is 6.64. The van der Waals surface area contributed by atoms with Gasteiger partial charge < -0.3 is 5.32 Å². The Morgan fingerprint density at radius 1 is 0.818 bits per heavy atom. The van der Waals surface area contributed by atoms with Gasteiger partial charge in [0, 0.05) is 34.6 Å². The summed E-state index contributed by atoms with van der Waals surface area (Å²) in [6.45, 7) is 0.580. The molecule has 3 aromatic carbocycles. The van der Waals surface area contributed by atoms with E-state index < -0.39 is 0 Å². The van der Waals surface area contributed by atoms with Crippen molar-refractivity contribution in [2.24, 2.45) is 5.92 Å². The zero-order valence-corrected chi connectivity index (χ0v) is 20.0. The number of piperidine rings is 1. The molecule has 5 rings (SSSR count). The molecule has 5 heteroatoms. The molecule has 0 radical (unpaired) electrons. The van der Waals surface area contributed by atoms with Gasteiger partial charge >= 0.3 is 0 Å². The normalized spacial score (nSPS) is 22.5. The standard InChI is InChI=1S/C28H28Cl2N2O/c29-25-12-6-4-10-23(25)27(24-11-5-7-13-26(24)30)32-21-14-15-22(32)17-20(16-21)28(33)31-18-19-8-2-1-3-9-19/h1-13,20-22,27H,14-18H2,(H,31,33). The van der Waals surface area contributed by atoms with Crippen LogP contribution in [-0.2, 0) is 11.3 Å². The van der Waals surface area contributed by atoms with Crippen molar-refractivity contribution in [1.82, 2.24) is 10.2 Å². The lowest BCUT2D eigenvalue weighted by atomic mass is 9.86. The minimum atomic E-state index is -0.0155. The summed E-state index contributed by atoms with van der Waals surface area (Å²) in [7, 11) is 0. The highest BCUT2D eigenvalue weighted by atomic mass is 35.5. The van der Waals surface area contributed by atoms with Crippen LogP contribution in [0.2, 0.25) is 10.0 Å². The first-order valence-electron chi connectivity index (χ1n) is 11.7. The molecule has 0 spiro atoms. The highest BCUT2D eigenvalue weighted by Gasteiger charge is 2.47. The number of halogens is 2. The Hall–Kier alpha value is -2.33. The number of benzene rings is 3. The summed E-state index contributed by atoms with van der Waals surface area (Å²) >= 11 is 13.4. The molecular formula is C28H28Cl2N2O. The Balaban J connectivity index is 1.38. The van der Waals surface area contributed by atoms with Crippen molar-refractivity contribution in [3.63, 3.8) is 0 Å². The van der Waals surface area contributed by atoms with Crippen molar-refractivity contribution < 1.29 is 4.79 Å². The van der Waals surface area contributed by atoms with Crippen LogP contribution >= 0.6 is 23.2 Å². The molecule has 2 bridgehead atoms. The van der Waals surface area contributed by atoms with E-state index in [0.717, 1.165) is 52.4 Å². The molecule has 1 N–H and O–H groups in total. The monoisotopic (exact) mass is 478 g/mol. The molecule has 0 aromatic heterocycles. The lowest BCUT2D eigenvalue weighted by Crippen LogP contribution is -2.48. The van der Waals surface area contributed by atoms with Crippen molar-refractivity contribution in [2.75, 3.05) is 0 Å². The average molecular weight is 479 g/mol. The number of fused-ring (bicyclic) bond motifs is 2. The van der Waals surface area contributed by atoms with Gasteiger partial charge in [0.15, 0.2) is 0 Å². The number of amides is 1. The smallest absolute Gasteiger partial charge is 0.223 e. The Labute approximate surface area is 205 Å². The molecule has 3 nitrogen and oxygen atoms in total. The predicted molar refractivity (Wildman–Crippen MR) is 134 cm³/mol. The van der Waals surface area contributed by atoms with Crippen LogP contribution in [0.3, 0.4) is 0 Å². The fourth-order valence-electron chi connectivity index (χ4n) is 5.66. The molecule has 2 fully saturated rings. The van der Waals surface area contributed by atoms with Crippen LogP contribution in [0.4, 0.5) is 0 Å². The Bertz CT molecular complexity index is 1060. The van der Waals surface area contributed by atoms with E-state index in [-0.39, 0.29) is 17.9 Å². The SMILES string of the molecule is O=C(NCc1ccccc1)C1CC2CCC(C1)N2C(c1ccccc1Cl)c1ccccc1Cl. The van der Waals surface area contributed by atoms with Gasteiger partial charge in [-0.05, 0) is 54.5 Å². The summed E-state index contributed by atoms with van der Waals surface area (Å²) in [6, 6.07) is 26.9. The van der Waals surface area contributed by atoms with Gasteiger partial charge in [-0.2, -0.15) is 0 Å². The van der Waals surface area contributed by atoms with Crippen molar-refractivity contribution in [2.45, 2.75) is 50.4 Å². The van der Waals surface area contributed by atoms with Crippen LogP contribution < -0.4 is 5.32 Å². The first-order valence-corrected chi connectivity index (χ1v) is 12.5. The van der Waals surface area contributed by atoms with Gasteiger partial charge in [0.05, 0.1) is 6.04 Å². The van der Waals surface area contributed by atoms with Crippen LogP contribution in [0.25, 0.3) is 0 Å². The second kappa shape index (κ2) is 9.89. The Morgan fingerprint density at radius 2 is 1.33 bits per heavy atom. The molecule has 2 saturated heterocycles. The third-order valence-corrected chi connectivity index (χ3v) is 7.86. The molecule has 1 amide bonds. The number of carbonyl (C=O) groups is 1. The van der Waals surface area contributed by atoms with Gasteiger partial charge in [-0.25, -0.2) is 0 Å². The van der Waals surface area contributed by atoms with E-state index in [0.29, 0.717) is 18.6 Å². The zero-order chi connectivity index (χ0) is 22.8. The largest absolute Gasteiger partial charge is 0.352 e. The summed E-state index contributed by atoms with van der Waals surface area (Å²) in [5.41, 5.74) is 3.29. The molecule has 2 atom stereocenters. The highest BCUT2D eigenvalue weighted by molar-refractivity contribution is 6.32. The fourth-order valence-corrected chi connectivity index (χ4v) is 6.14. The summed E-state index contributed by atoms with van der Waals surface area (Å²) in [6.07, 6.45) is 3.92. The third-order valence-electron chi connectivity index (χ3n) is 7.17. The van der Waals surface area contributed by atoms with E-state index in [2.05, 4.69) is 22.3 Å². The molecule has 2 aliphatic rings. The summed E-state index contributed by atoms with van der Waals surface area (Å²) in [5, 5.41) is 4.67. The number of carbonyl (C=O) groups excluding carboxylic acids is 1. The van der Waals surface area contributed by atoms with E-state index in [1.807, 2.05) is 66.7 Å². The maximum absolute atomic E-state index is 13.0. The van der Waals surface area contributed by atoms with Crippen LogP contribution in [0.5, 0.6) is 0 Å². The minimum Gasteiger partial charge on any atom is -0.352 e. The highest BCUT2D eigenvalue weighted by Crippen LogP contribution is 2.48. The van der Waals surface area contributed by atoms with Gasteiger partial charge in [-0.1, -0.05) is 89.9 Å². The van der Waals surface area contributed by atoms with Crippen LogP contribution in [-0.4, -0.2) is 22.9 Å². The van der Waals surface area contributed by atoms with Crippen LogP contribution in [0.1, 0.15) is 48.4 Å².